The van der Waals surface area contributed by atoms with Crippen LogP contribution in [0.3, 0.4) is 0 Å². The quantitative estimate of drug-likeness (QED) is 0.666. The zero-order valence-electron chi connectivity index (χ0n) is 9.58. The first kappa shape index (κ1) is 11.7. The maximum Gasteiger partial charge on any atom is 0.153 e. The number of hydrogen-bond acceptors (Lipinski definition) is 3. The van der Waals surface area contributed by atoms with Gasteiger partial charge < -0.3 is 5.73 Å². The minimum absolute atomic E-state index is 0.612. The van der Waals surface area contributed by atoms with Crippen molar-refractivity contribution in [2.45, 2.75) is 5.75 Å². The van der Waals surface area contributed by atoms with Gasteiger partial charge >= 0.3 is 0 Å². The molecule has 0 bridgehead atoms. The normalized spacial score (nSPS) is 11.7. The molecule has 2 N–H and O–H groups in total. The van der Waals surface area contributed by atoms with Crippen LogP contribution >= 0.6 is 11.8 Å². The molecular formula is C12H14N4S. The lowest BCUT2D eigenvalue weighted by Gasteiger charge is -2.04. The van der Waals surface area contributed by atoms with Crippen molar-refractivity contribution in [2.24, 2.45) is 10.7 Å². The van der Waals surface area contributed by atoms with Gasteiger partial charge in [-0.2, -0.15) is 5.10 Å². The second-order valence-corrected chi connectivity index (χ2v) is 4.46. The number of nitrogens with two attached hydrogens (primary N) is 1. The van der Waals surface area contributed by atoms with Crippen LogP contribution in [0.1, 0.15) is 5.56 Å². The highest BCUT2D eigenvalue weighted by atomic mass is 32.2. The third-order valence-corrected chi connectivity index (χ3v) is 3.27. The number of amidine groups is 1. The molecule has 0 amide bonds. The van der Waals surface area contributed by atoms with E-state index in [0.29, 0.717) is 5.17 Å². The number of aromatic nitrogens is 2. The summed E-state index contributed by atoms with van der Waals surface area (Å²) in [5.41, 5.74) is 7.90. The van der Waals surface area contributed by atoms with Gasteiger partial charge in [0.1, 0.15) is 0 Å². The van der Waals surface area contributed by atoms with Crippen molar-refractivity contribution in [3.05, 3.63) is 48.3 Å². The number of thioether (sulfide) groups is 1. The average Bonchev–Trinajstić information content (AvgIpc) is 2.90. The van der Waals surface area contributed by atoms with Crippen molar-refractivity contribution >= 4 is 16.9 Å². The van der Waals surface area contributed by atoms with E-state index in [1.807, 2.05) is 29.1 Å². The van der Waals surface area contributed by atoms with Crippen LogP contribution < -0.4 is 5.73 Å². The zero-order chi connectivity index (χ0) is 12.1. The van der Waals surface area contributed by atoms with Crippen LogP contribution in [0.2, 0.25) is 0 Å². The van der Waals surface area contributed by atoms with Gasteiger partial charge in [-0.05, 0) is 23.8 Å². The molecule has 88 valence electrons. The van der Waals surface area contributed by atoms with Gasteiger partial charge in [0.25, 0.3) is 0 Å². The molecule has 0 saturated carbocycles. The molecule has 1 heterocycles. The van der Waals surface area contributed by atoms with Crippen LogP contribution in [0.4, 0.5) is 0 Å². The van der Waals surface area contributed by atoms with Gasteiger partial charge in [-0.15, -0.1) is 0 Å². The first-order valence-corrected chi connectivity index (χ1v) is 6.22. The highest BCUT2D eigenvalue weighted by Crippen LogP contribution is 2.14. The Labute approximate surface area is 105 Å². The molecule has 0 unspecified atom stereocenters. The maximum atomic E-state index is 5.63. The van der Waals surface area contributed by atoms with Gasteiger partial charge in [0.15, 0.2) is 5.17 Å². The minimum atomic E-state index is 0.612. The minimum Gasteiger partial charge on any atom is -0.379 e. The van der Waals surface area contributed by atoms with Crippen molar-refractivity contribution in [2.75, 3.05) is 7.05 Å². The molecule has 2 rings (SSSR count). The fourth-order valence-corrected chi connectivity index (χ4v) is 2.02. The fourth-order valence-electron chi connectivity index (χ4n) is 1.39. The molecule has 0 atom stereocenters. The Morgan fingerprint density at radius 2 is 2.18 bits per heavy atom. The molecule has 0 spiro atoms. The van der Waals surface area contributed by atoms with Crippen molar-refractivity contribution in [3.8, 4) is 5.69 Å². The Morgan fingerprint density at radius 1 is 1.41 bits per heavy atom. The summed E-state index contributed by atoms with van der Waals surface area (Å²) in [7, 11) is 1.70. The summed E-state index contributed by atoms with van der Waals surface area (Å²) < 4.78 is 1.83. The summed E-state index contributed by atoms with van der Waals surface area (Å²) in [6.45, 7) is 0. The Hall–Kier alpha value is -1.75. The number of nitrogens with zero attached hydrogens (tertiary/aromatic N) is 3. The highest BCUT2D eigenvalue weighted by molar-refractivity contribution is 8.13. The predicted octanol–water partition coefficient (Wildman–Crippen LogP) is 2.05. The van der Waals surface area contributed by atoms with Gasteiger partial charge in [-0.3, -0.25) is 4.99 Å². The number of hydrogen-bond donors (Lipinski definition) is 1. The predicted molar refractivity (Wildman–Crippen MR) is 72.4 cm³/mol. The van der Waals surface area contributed by atoms with Crippen LogP contribution in [0.5, 0.6) is 0 Å². The summed E-state index contributed by atoms with van der Waals surface area (Å²) in [4.78, 5) is 3.91. The van der Waals surface area contributed by atoms with E-state index in [1.54, 1.807) is 13.2 Å². The van der Waals surface area contributed by atoms with E-state index in [4.69, 9.17) is 5.73 Å². The molecule has 0 saturated heterocycles. The summed E-state index contributed by atoms with van der Waals surface area (Å²) in [5, 5.41) is 4.79. The Bertz CT molecular complexity index is 488. The van der Waals surface area contributed by atoms with Crippen molar-refractivity contribution in [1.29, 1.82) is 0 Å². The second kappa shape index (κ2) is 5.54. The van der Waals surface area contributed by atoms with Crippen molar-refractivity contribution in [1.82, 2.24) is 9.78 Å². The Morgan fingerprint density at radius 3 is 2.76 bits per heavy atom. The SMILES string of the molecule is CN=C(N)SCc1ccc(-n2cccn2)cc1. The molecule has 0 aliphatic carbocycles. The first-order chi connectivity index (χ1) is 8.29. The smallest absolute Gasteiger partial charge is 0.153 e. The van der Waals surface area contributed by atoms with E-state index < -0.39 is 0 Å². The van der Waals surface area contributed by atoms with Gasteiger partial charge in [-0.25, -0.2) is 4.68 Å². The summed E-state index contributed by atoms with van der Waals surface area (Å²) in [6, 6.07) is 10.1. The molecule has 0 radical (unpaired) electrons. The van der Waals surface area contributed by atoms with E-state index in [-0.39, 0.29) is 0 Å². The van der Waals surface area contributed by atoms with Crippen LogP contribution in [0.15, 0.2) is 47.7 Å². The highest BCUT2D eigenvalue weighted by Gasteiger charge is 1.98. The molecule has 17 heavy (non-hydrogen) atoms. The molecule has 0 aliphatic rings. The van der Waals surface area contributed by atoms with E-state index >= 15 is 0 Å². The van der Waals surface area contributed by atoms with E-state index in [1.165, 1.54) is 17.3 Å². The monoisotopic (exact) mass is 246 g/mol. The molecule has 0 aliphatic heterocycles. The molecule has 5 heteroatoms. The number of aliphatic imine (C=N–C) groups is 1. The van der Waals surface area contributed by atoms with Crippen LogP contribution in [-0.2, 0) is 5.75 Å². The van der Waals surface area contributed by atoms with Gasteiger partial charge in [0.05, 0.1) is 5.69 Å². The van der Waals surface area contributed by atoms with Crippen LogP contribution in [0.25, 0.3) is 5.69 Å². The van der Waals surface area contributed by atoms with Gasteiger partial charge in [0, 0.05) is 25.2 Å². The summed E-state index contributed by atoms with van der Waals surface area (Å²) in [6.07, 6.45) is 3.69. The average molecular weight is 246 g/mol. The molecule has 4 nitrogen and oxygen atoms in total. The standard InChI is InChI=1S/C12H14N4S/c1-14-12(13)17-9-10-3-5-11(6-4-10)16-8-2-7-15-16/h2-8H,9H2,1H3,(H2,13,14). The molecule has 1 aromatic carbocycles. The van der Waals surface area contributed by atoms with Gasteiger partial charge in [-0.1, -0.05) is 23.9 Å². The lowest BCUT2D eigenvalue weighted by molar-refractivity contribution is 0.880. The summed E-state index contributed by atoms with van der Waals surface area (Å²) >= 11 is 1.54. The van der Waals surface area contributed by atoms with Crippen LogP contribution in [-0.4, -0.2) is 22.0 Å². The second-order valence-electron chi connectivity index (χ2n) is 3.47. The molecular weight excluding hydrogens is 232 g/mol. The topological polar surface area (TPSA) is 56.2 Å². The van der Waals surface area contributed by atoms with E-state index in [2.05, 4.69) is 22.2 Å². The fraction of sp³-hybridized carbons (Fsp3) is 0.167. The number of benzene rings is 1. The third kappa shape index (κ3) is 3.10. The Balaban J connectivity index is 2.03. The lowest BCUT2D eigenvalue weighted by Crippen LogP contribution is -2.06. The van der Waals surface area contributed by atoms with Crippen LogP contribution in [0, 0.1) is 0 Å². The zero-order valence-corrected chi connectivity index (χ0v) is 10.4. The molecule has 0 fully saturated rings. The van der Waals surface area contributed by atoms with Crippen molar-refractivity contribution in [3.63, 3.8) is 0 Å². The van der Waals surface area contributed by atoms with E-state index in [9.17, 15) is 0 Å². The van der Waals surface area contributed by atoms with Gasteiger partial charge in [0.2, 0.25) is 0 Å². The third-order valence-electron chi connectivity index (χ3n) is 2.31. The van der Waals surface area contributed by atoms with Crippen molar-refractivity contribution < 1.29 is 0 Å². The summed E-state index contributed by atoms with van der Waals surface area (Å²) in [5.74, 6) is 0.836. The first-order valence-electron chi connectivity index (χ1n) is 5.23. The lowest BCUT2D eigenvalue weighted by atomic mass is 10.2. The Kier molecular flexibility index (Phi) is 3.82. The number of rotatable bonds is 3. The largest absolute Gasteiger partial charge is 0.379 e. The maximum absolute atomic E-state index is 5.63. The molecule has 2 aromatic rings. The molecule has 1 aromatic heterocycles. The van der Waals surface area contributed by atoms with E-state index in [0.717, 1.165) is 11.4 Å².